The summed E-state index contributed by atoms with van der Waals surface area (Å²) in [5.74, 6) is 0.711. The molecule has 20 heavy (non-hydrogen) atoms. The maximum absolute atomic E-state index is 12.0. The second kappa shape index (κ2) is 6.06. The number of fused-ring (bicyclic) bond motifs is 1. The van der Waals surface area contributed by atoms with Gasteiger partial charge in [-0.2, -0.15) is 0 Å². The van der Waals surface area contributed by atoms with Crippen molar-refractivity contribution < 1.29 is 4.79 Å². The highest BCUT2D eigenvalue weighted by Gasteiger charge is 2.15. The molecule has 3 heteroatoms. The summed E-state index contributed by atoms with van der Waals surface area (Å²) in [6.45, 7) is 2.89. The molecule has 0 saturated carbocycles. The van der Waals surface area contributed by atoms with Gasteiger partial charge in [0.15, 0.2) is 0 Å². The standard InChI is InChI=1S/C17H20N2O/c20-17(19-12-14-7-8-18-11-14)10-13-5-6-15-3-1-2-4-16(15)9-13/h1-6,9,14,18H,7-8,10-12H2,(H,19,20). The van der Waals surface area contributed by atoms with E-state index in [1.807, 2.05) is 18.2 Å². The fourth-order valence-electron chi connectivity index (χ4n) is 2.74. The summed E-state index contributed by atoms with van der Waals surface area (Å²) in [4.78, 5) is 12.0. The molecule has 2 aromatic carbocycles. The minimum Gasteiger partial charge on any atom is -0.355 e. The lowest BCUT2D eigenvalue weighted by atomic mass is 10.0. The zero-order chi connectivity index (χ0) is 13.8. The van der Waals surface area contributed by atoms with Crippen LogP contribution in [0.5, 0.6) is 0 Å². The van der Waals surface area contributed by atoms with E-state index < -0.39 is 0 Å². The van der Waals surface area contributed by atoms with Crippen LogP contribution in [-0.4, -0.2) is 25.5 Å². The highest BCUT2D eigenvalue weighted by molar-refractivity contribution is 5.85. The third-order valence-corrected chi connectivity index (χ3v) is 3.93. The zero-order valence-corrected chi connectivity index (χ0v) is 11.6. The number of nitrogens with one attached hydrogen (secondary N) is 2. The summed E-state index contributed by atoms with van der Waals surface area (Å²) in [6, 6.07) is 14.5. The molecule has 0 bridgehead atoms. The first-order valence-electron chi connectivity index (χ1n) is 7.26. The van der Waals surface area contributed by atoms with Gasteiger partial charge < -0.3 is 10.6 Å². The largest absolute Gasteiger partial charge is 0.355 e. The molecule has 3 rings (SSSR count). The van der Waals surface area contributed by atoms with E-state index in [1.165, 1.54) is 10.8 Å². The molecule has 1 atom stereocenters. The molecule has 0 radical (unpaired) electrons. The van der Waals surface area contributed by atoms with Gasteiger partial charge in [-0.05, 0) is 41.8 Å². The maximum Gasteiger partial charge on any atom is 0.224 e. The van der Waals surface area contributed by atoms with Gasteiger partial charge >= 0.3 is 0 Å². The topological polar surface area (TPSA) is 41.1 Å². The van der Waals surface area contributed by atoms with Crippen molar-refractivity contribution in [2.45, 2.75) is 12.8 Å². The van der Waals surface area contributed by atoms with Crippen molar-refractivity contribution >= 4 is 16.7 Å². The van der Waals surface area contributed by atoms with E-state index in [0.29, 0.717) is 12.3 Å². The van der Waals surface area contributed by atoms with Crippen LogP contribution in [0.2, 0.25) is 0 Å². The van der Waals surface area contributed by atoms with Gasteiger partial charge in [0.1, 0.15) is 0 Å². The monoisotopic (exact) mass is 268 g/mol. The van der Waals surface area contributed by atoms with E-state index in [0.717, 1.165) is 31.6 Å². The van der Waals surface area contributed by atoms with Crippen molar-refractivity contribution in [1.29, 1.82) is 0 Å². The van der Waals surface area contributed by atoms with Crippen LogP contribution in [0.1, 0.15) is 12.0 Å². The van der Waals surface area contributed by atoms with Gasteiger partial charge in [-0.3, -0.25) is 4.79 Å². The van der Waals surface area contributed by atoms with E-state index in [4.69, 9.17) is 0 Å². The molecule has 2 N–H and O–H groups in total. The van der Waals surface area contributed by atoms with Crippen LogP contribution in [-0.2, 0) is 11.2 Å². The Morgan fingerprint density at radius 1 is 1.20 bits per heavy atom. The third kappa shape index (κ3) is 3.17. The zero-order valence-electron chi connectivity index (χ0n) is 11.6. The van der Waals surface area contributed by atoms with Gasteiger partial charge in [-0.15, -0.1) is 0 Å². The van der Waals surface area contributed by atoms with Crippen LogP contribution in [0.15, 0.2) is 42.5 Å². The van der Waals surface area contributed by atoms with Crippen molar-refractivity contribution in [1.82, 2.24) is 10.6 Å². The molecule has 1 amide bonds. The molecule has 3 nitrogen and oxygen atoms in total. The predicted octanol–water partition coefficient (Wildman–Crippen LogP) is 2.11. The predicted molar refractivity (Wildman–Crippen MR) is 81.6 cm³/mol. The minimum absolute atomic E-state index is 0.118. The molecule has 1 heterocycles. The molecule has 2 aromatic rings. The first kappa shape index (κ1) is 13.1. The average molecular weight is 268 g/mol. The SMILES string of the molecule is O=C(Cc1ccc2ccccc2c1)NCC1CCNC1. The van der Waals surface area contributed by atoms with Crippen molar-refractivity contribution in [3.05, 3.63) is 48.0 Å². The summed E-state index contributed by atoms with van der Waals surface area (Å²) in [5, 5.41) is 8.77. The summed E-state index contributed by atoms with van der Waals surface area (Å²) in [5.41, 5.74) is 1.07. The van der Waals surface area contributed by atoms with Gasteiger partial charge in [0.05, 0.1) is 6.42 Å². The Balaban J connectivity index is 1.59. The smallest absolute Gasteiger partial charge is 0.224 e. The fourth-order valence-corrected chi connectivity index (χ4v) is 2.74. The Kier molecular flexibility index (Phi) is 3.97. The quantitative estimate of drug-likeness (QED) is 0.891. The lowest BCUT2D eigenvalue weighted by Crippen LogP contribution is -2.31. The summed E-state index contributed by atoms with van der Waals surface area (Å²) >= 11 is 0. The fraction of sp³-hybridized carbons (Fsp3) is 0.353. The van der Waals surface area contributed by atoms with Gasteiger partial charge in [-0.1, -0.05) is 42.5 Å². The van der Waals surface area contributed by atoms with Crippen LogP contribution < -0.4 is 10.6 Å². The number of benzene rings is 2. The molecule has 1 aliphatic heterocycles. The lowest BCUT2D eigenvalue weighted by Gasteiger charge is -2.10. The van der Waals surface area contributed by atoms with Crippen LogP contribution in [0.25, 0.3) is 10.8 Å². The van der Waals surface area contributed by atoms with E-state index >= 15 is 0 Å². The first-order valence-corrected chi connectivity index (χ1v) is 7.26. The second-order valence-electron chi connectivity index (χ2n) is 5.52. The van der Waals surface area contributed by atoms with Crippen molar-refractivity contribution in [3.8, 4) is 0 Å². The van der Waals surface area contributed by atoms with Crippen LogP contribution in [0.4, 0.5) is 0 Å². The number of carbonyl (C=O) groups excluding carboxylic acids is 1. The molecular formula is C17H20N2O. The number of hydrogen-bond acceptors (Lipinski definition) is 2. The molecule has 104 valence electrons. The van der Waals surface area contributed by atoms with Crippen LogP contribution >= 0.6 is 0 Å². The van der Waals surface area contributed by atoms with Crippen LogP contribution in [0.3, 0.4) is 0 Å². The number of amides is 1. The van der Waals surface area contributed by atoms with Gasteiger partial charge in [-0.25, -0.2) is 0 Å². The number of hydrogen-bond donors (Lipinski definition) is 2. The Morgan fingerprint density at radius 2 is 2.05 bits per heavy atom. The van der Waals surface area contributed by atoms with Crippen LogP contribution in [0, 0.1) is 5.92 Å². The highest BCUT2D eigenvalue weighted by atomic mass is 16.1. The molecular weight excluding hydrogens is 248 g/mol. The Hall–Kier alpha value is -1.87. The van der Waals surface area contributed by atoms with E-state index in [-0.39, 0.29) is 5.91 Å². The summed E-state index contributed by atoms with van der Waals surface area (Å²) in [7, 11) is 0. The first-order chi connectivity index (χ1) is 9.81. The van der Waals surface area contributed by atoms with Crippen molar-refractivity contribution in [2.75, 3.05) is 19.6 Å². The van der Waals surface area contributed by atoms with Gasteiger partial charge in [0.25, 0.3) is 0 Å². The van der Waals surface area contributed by atoms with E-state index in [9.17, 15) is 4.79 Å². The van der Waals surface area contributed by atoms with Gasteiger partial charge in [0.2, 0.25) is 5.91 Å². The highest BCUT2D eigenvalue weighted by Crippen LogP contribution is 2.16. The molecule has 1 fully saturated rings. The average Bonchev–Trinajstić information content (AvgIpc) is 2.98. The second-order valence-corrected chi connectivity index (χ2v) is 5.52. The Bertz CT molecular complexity index is 603. The molecule has 0 spiro atoms. The van der Waals surface area contributed by atoms with Crippen molar-refractivity contribution in [2.24, 2.45) is 5.92 Å². The Morgan fingerprint density at radius 3 is 2.85 bits per heavy atom. The molecule has 0 aromatic heterocycles. The van der Waals surface area contributed by atoms with E-state index in [2.05, 4.69) is 34.9 Å². The minimum atomic E-state index is 0.118. The lowest BCUT2D eigenvalue weighted by molar-refractivity contribution is -0.120. The third-order valence-electron chi connectivity index (χ3n) is 3.93. The van der Waals surface area contributed by atoms with Gasteiger partial charge in [0, 0.05) is 6.54 Å². The molecule has 1 aliphatic rings. The number of carbonyl (C=O) groups is 1. The molecule has 0 aliphatic carbocycles. The molecule has 1 saturated heterocycles. The number of rotatable bonds is 4. The maximum atomic E-state index is 12.0. The molecule has 1 unspecified atom stereocenters. The normalized spacial score (nSPS) is 18.3. The summed E-state index contributed by atoms with van der Waals surface area (Å²) in [6.07, 6.45) is 1.63. The Labute approximate surface area is 119 Å². The summed E-state index contributed by atoms with van der Waals surface area (Å²) < 4.78 is 0. The van der Waals surface area contributed by atoms with E-state index in [1.54, 1.807) is 0 Å². The van der Waals surface area contributed by atoms with Crippen molar-refractivity contribution in [3.63, 3.8) is 0 Å².